The molecule has 0 saturated carbocycles. The number of anilines is 1. The van der Waals surface area contributed by atoms with E-state index in [2.05, 4.69) is 15.0 Å². The molecular weight excluding hydrogens is 346 g/mol. The van der Waals surface area contributed by atoms with Gasteiger partial charge in [0.05, 0.1) is 11.9 Å². The van der Waals surface area contributed by atoms with Gasteiger partial charge in [-0.3, -0.25) is 4.79 Å². The molecule has 1 aromatic carbocycles. The molecule has 0 radical (unpaired) electrons. The zero-order valence-electron chi connectivity index (χ0n) is 14.5. The van der Waals surface area contributed by atoms with Crippen molar-refractivity contribution in [2.75, 3.05) is 31.1 Å². The number of piperazine rings is 1. The third-order valence-electron chi connectivity index (χ3n) is 4.61. The molecule has 0 spiro atoms. The maximum atomic E-state index is 12.5. The standard InChI is InChI=1S/C19H21N5OS/c25-18(22-9-11-23(12-10-22)19-20-8-13-26-19)7-6-16-14-21-24(15-16)17-4-2-1-3-5-17/h1-5,8,13-15H,6-7,9-12H2. The first kappa shape index (κ1) is 16.8. The Kier molecular flexibility index (Phi) is 4.97. The van der Waals surface area contributed by atoms with E-state index in [4.69, 9.17) is 0 Å². The maximum Gasteiger partial charge on any atom is 0.223 e. The summed E-state index contributed by atoms with van der Waals surface area (Å²) >= 11 is 1.65. The number of amides is 1. The van der Waals surface area contributed by atoms with Crippen LogP contribution in [0.4, 0.5) is 5.13 Å². The highest BCUT2D eigenvalue weighted by Gasteiger charge is 2.22. The van der Waals surface area contributed by atoms with Crippen LogP contribution in [0.15, 0.2) is 54.3 Å². The van der Waals surface area contributed by atoms with Gasteiger partial charge in [-0.15, -0.1) is 11.3 Å². The van der Waals surface area contributed by atoms with E-state index in [0.717, 1.165) is 49.0 Å². The molecule has 2 aromatic heterocycles. The van der Waals surface area contributed by atoms with Crippen molar-refractivity contribution >= 4 is 22.4 Å². The van der Waals surface area contributed by atoms with Crippen LogP contribution in [0.2, 0.25) is 0 Å². The van der Waals surface area contributed by atoms with Gasteiger partial charge < -0.3 is 9.80 Å². The third-order valence-corrected chi connectivity index (χ3v) is 5.44. The Morgan fingerprint density at radius 2 is 1.92 bits per heavy atom. The molecule has 26 heavy (non-hydrogen) atoms. The normalized spacial score (nSPS) is 14.6. The van der Waals surface area contributed by atoms with Gasteiger partial charge in [0.1, 0.15) is 0 Å². The van der Waals surface area contributed by atoms with Gasteiger partial charge >= 0.3 is 0 Å². The molecule has 134 valence electrons. The highest BCUT2D eigenvalue weighted by molar-refractivity contribution is 7.13. The van der Waals surface area contributed by atoms with Crippen LogP contribution in [0.25, 0.3) is 5.69 Å². The topological polar surface area (TPSA) is 54.3 Å². The molecule has 1 aliphatic heterocycles. The first-order valence-electron chi connectivity index (χ1n) is 8.81. The largest absolute Gasteiger partial charge is 0.345 e. The summed E-state index contributed by atoms with van der Waals surface area (Å²) in [5.41, 5.74) is 2.12. The maximum absolute atomic E-state index is 12.5. The zero-order valence-corrected chi connectivity index (χ0v) is 15.3. The van der Waals surface area contributed by atoms with Gasteiger partial charge in [0.2, 0.25) is 5.91 Å². The predicted octanol–water partition coefficient (Wildman–Crippen LogP) is 2.61. The monoisotopic (exact) mass is 367 g/mol. The van der Waals surface area contributed by atoms with Crippen LogP contribution in [0, 0.1) is 0 Å². The van der Waals surface area contributed by atoms with E-state index in [-0.39, 0.29) is 5.91 Å². The van der Waals surface area contributed by atoms with Crippen LogP contribution >= 0.6 is 11.3 Å². The van der Waals surface area contributed by atoms with Crippen molar-refractivity contribution in [3.8, 4) is 5.69 Å². The molecule has 6 nitrogen and oxygen atoms in total. The number of thiazole rings is 1. The highest BCUT2D eigenvalue weighted by atomic mass is 32.1. The molecule has 1 saturated heterocycles. The molecule has 0 N–H and O–H groups in total. The summed E-state index contributed by atoms with van der Waals surface area (Å²) in [5.74, 6) is 0.219. The summed E-state index contributed by atoms with van der Waals surface area (Å²) in [6.07, 6.45) is 6.92. The first-order chi connectivity index (χ1) is 12.8. The van der Waals surface area contributed by atoms with Crippen LogP contribution in [-0.4, -0.2) is 51.8 Å². The second kappa shape index (κ2) is 7.70. The summed E-state index contributed by atoms with van der Waals surface area (Å²) in [6, 6.07) is 10.0. The van der Waals surface area contributed by atoms with Gasteiger partial charge in [-0.1, -0.05) is 18.2 Å². The predicted molar refractivity (Wildman–Crippen MR) is 103 cm³/mol. The number of nitrogens with zero attached hydrogens (tertiary/aromatic N) is 5. The molecule has 3 aromatic rings. The molecule has 0 bridgehead atoms. The van der Waals surface area contributed by atoms with E-state index in [0.29, 0.717) is 6.42 Å². The quantitative estimate of drug-likeness (QED) is 0.696. The van der Waals surface area contributed by atoms with Crippen molar-refractivity contribution in [2.45, 2.75) is 12.8 Å². The van der Waals surface area contributed by atoms with Crippen LogP contribution in [0.5, 0.6) is 0 Å². The van der Waals surface area contributed by atoms with Crippen LogP contribution in [0.3, 0.4) is 0 Å². The van der Waals surface area contributed by atoms with Gasteiger partial charge in [-0.05, 0) is 24.1 Å². The number of para-hydroxylation sites is 1. The molecule has 7 heteroatoms. The second-order valence-electron chi connectivity index (χ2n) is 6.31. The van der Waals surface area contributed by atoms with Crippen LogP contribution in [-0.2, 0) is 11.2 Å². The highest BCUT2D eigenvalue weighted by Crippen LogP contribution is 2.19. The van der Waals surface area contributed by atoms with E-state index in [1.165, 1.54) is 0 Å². The number of hydrogen-bond donors (Lipinski definition) is 0. The van der Waals surface area contributed by atoms with Crippen molar-refractivity contribution in [3.05, 3.63) is 59.9 Å². The summed E-state index contributed by atoms with van der Waals surface area (Å²) < 4.78 is 1.85. The summed E-state index contributed by atoms with van der Waals surface area (Å²) in [7, 11) is 0. The van der Waals surface area contributed by atoms with E-state index in [1.54, 1.807) is 11.3 Å². The number of aromatic nitrogens is 3. The lowest BCUT2D eigenvalue weighted by Crippen LogP contribution is -2.48. The molecule has 1 fully saturated rings. The third kappa shape index (κ3) is 3.77. The molecule has 0 unspecified atom stereocenters. The Balaban J connectivity index is 1.28. The summed E-state index contributed by atoms with van der Waals surface area (Å²) in [4.78, 5) is 21.1. The molecule has 0 aliphatic carbocycles. The molecule has 0 atom stereocenters. The SMILES string of the molecule is O=C(CCc1cnn(-c2ccccc2)c1)N1CCN(c2nccs2)CC1. The lowest BCUT2D eigenvalue weighted by atomic mass is 10.1. The Morgan fingerprint density at radius 1 is 1.12 bits per heavy atom. The Bertz CT molecular complexity index is 838. The van der Waals surface area contributed by atoms with Crippen LogP contribution < -0.4 is 4.90 Å². The van der Waals surface area contributed by atoms with E-state index < -0.39 is 0 Å². The number of carbonyl (C=O) groups is 1. The van der Waals surface area contributed by atoms with E-state index >= 15 is 0 Å². The second-order valence-corrected chi connectivity index (χ2v) is 7.18. The minimum absolute atomic E-state index is 0.219. The average Bonchev–Trinajstić information content (AvgIpc) is 3.39. The van der Waals surface area contributed by atoms with E-state index in [1.807, 2.05) is 63.9 Å². The fourth-order valence-electron chi connectivity index (χ4n) is 3.14. The van der Waals surface area contributed by atoms with Crippen molar-refractivity contribution < 1.29 is 4.79 Å². The number of carbonyl (C=O) groups excluding carboxylic acids is 1. The van der Waals surface area contributed by atoms with Crippen molar-refractivity contribution in [1.82, 2.24) is 19.7 Å². The van der Waals surface area contributed by atoms with Crippen molar-refractivity contribution in [3.63, 3.8) is 0 Å². The lowest BCUT2D eigenvalue weighted by molar-refractivity contribution is -0.131. The number of rotatable bonds is 5. The molecule has 4 rings (SSSR count). The first-order valence-corrected chi connectivity index (χ1v) is 9.69. The Labute approximate surface area is 156 Å². The zero-order chi connectivity index (χ0) is 17.8. The molecule has 1 amide bonds. The number of benzene rings is 1. The van der Waals surface area contributed by atoms with Gasteiger partial charge in [-0.2, -0.15) is 5.10 Å². The van der Waals surface area contributed by atoms with Gasteiger partial charge in [0, 0.05) is 50.4 Å². The molecule has 1 aliphatic rings. The fourth-order valence-corrected chi connectivity index (χ4v) is 3.84. The van der Waals surface area contributed by atoms with E-state index in [9.17, 15) is 4.79 Å². The minimum Gasteiger partial charge on any atom is -0.345 e. The Hall–Kier alpha value is -2.67. The summed E-state index contributed by atoms with van der Waals surface area (Å²) in [5, 5.41) is 7.43. The number of hydrogen-bond acceptors (Lipinski definition) is 5. The minimum atomic E-state index is 0.219. The van der Waals surface area contributed by atoms with Crippen LogP contribution in [0.1, 0.15) is 12.0 Å². The fraction of sp³-hybridized carbons (Fsp3) is 0.316. The van der Waals surface area contributed by atoms with Crippen molar-refractivity contribution in [1.29, 1.82) is 0 Å². The smallest absolute Gasteiger partial charge is 0.223 e. The lowest BCUT2D eigenvalue weighted by Gasteiger charge is -2.34. The van der Waals surface area contributed by atoms with Gasteiger partial charge in [0.25, 0.3) is 0 Å². The average molecular weight is 367 g/mol. The molecule has 3 heterocycles. The molecular formula is C19H21N5OS. The Morgan fingerprint density at radius 3 is 2.65 bits per heavy atom. The number of aryl methyl sites for hydroxylation is 1. The van der Waals surface area contributed by atoms with Crippen molar-refractivity contribution in [2.24, 2.45) is 0 Å². The summed E-state index contributed by atoms with van der Waals surface area (Å²) in [6.45, 7) is 3.24. The van der Waals surface area contributed by atoms with Gasteiger partial charge in [-0.25, -0.2) is 9.67 Å². The van der Waals surface area contributed by atoms with Gasteiger partial charge in [0.15, 0.2) is 5.13 Å².